The first-order valence-corrected chi connectivity index (χ1v) is 7.68. The van der Waals surface area contributed by atoms with E-state index in [2.05, 4.69) is 31.7 Å². The SMILES string of the molecule is CN(CCC#N)C(=O)CN1CCCC(C(C)(C)C)CC1. The highest BCUT2D eigenvalue weighted by molar-refractivity contribution is 5.78. The van der Waals surface area contributed by atoms with Crippen molar-refractivity contribution in [2.45, 2.75) is 46.5 Å². The van der Waals surface area contributed by atoms with E-state index in [1.54, 1.807) is 11.9 Å². The molecule has 1 unspecified atom stereocenters. The van der Waals surface area contributed by atoms with Gasteiger partial charge in [-0.2, -0.15) is 5.26 Å². The Hall–Kier alpha value is -1.08. The van der Waals surface area contributed by atoms with Crippen molar-refractivity contribution in [1.29, 1.82) is 5.26 Å². The highest BCUT2D eigenvalue weighted by Gasteiger charge is 2.27. The van der Waals surface area contributed by atoms with E-state index in [1.165, 1.54) is 19.3 Å². The first kappa shape index (κ1) is 17.0. The predicted octanol–water partition coefficient (Wildman–Crippen LogP) is 2.51. The summed E-state index contributed by atoms with van der Waals surface area (Å²) in [5.41, 5.74) is 0.365. The van der Waals surface area contributed by atoms with Gasteiger partial charge in [0.1, 0.15) is 0 Å². The molecule has 0 aliphatic carbocycles. The largest absolute Gasteiger partial charge is 0.344 e. The van der Waals surface area contributed by atoms with E-state index in [0.29, 0.717) is 24.9 Å². The van der Waals surface area contributed by atoms with Crippen LogP contribution in [0.5, 0.6) is 0 Å². The first-order chi connectivity index (χ1) is 9.34. The molecule has 114 valence electrons. The van der Waals surface area contributed by atoms with Crippen molar-refractivity contribution in [3.05, 3.63) is 0 Å². The van der Waals surface area contributed by atoms with Crippen LogP contribution in [0.15, 0.2) is 0 Å². The number of rotatable bonds is 4. The average Bonchev–Trinajstić information content (AvgIpc) is 2.60. The van der Waals surface area contributed by atoms with Crippen LogP contribution in [0.25, 0.3) is 0 Å². The van der Waals surface area contributed by atoms with Crippen LogP contribution in [0.2, 0.25) is 0 Å². The van der Waals surface area contributed by atoms with Crippen molar-refractivity contribution in [3.63, 3.8) is 0 Å². The topological polar surface area (TPSA) is 47.3 Å². The van der Waals surface area contributed by atoms with E-state index in [4.69, 9.17) is 5.26 Å². The summed E-state index contributed by atoms with van der Waals surface area (Å²) in [5.74, 6) is 0.883. The van der Waals surface area contributed by atoms with Gasteiger partial charge in [0.25, 0.3) is 0 Å². The summed E-state index contributed by atoms with van der Waals surface area (Å²) in [6.07, 6.45) is 4.03. The molecule has 1 rings (SSSR count). The first-order valence-electron chi connectivity index (χ1n) is 7.68. The lowest BCUT2D eigenvalue weighted by atomic mass is 9.77. The van der Waals surface area contributed by atoms with E-state index in [-0.39, 0.29) is 5.91 Å². The highest BCUT2D eigenvalue weighted by atomic mass is 16.2. The van der Waals surface area contributed by atoms with Crippen LogP contribution in [-0.4, -0.2) is 48.9 Å². The molecule has 1 fully saturated rings. The summed E-state index contributed by atoms with van der Waals surface area (Å²) < 4.78 is 0. The number of likely N-dealkylation sites (N-methyl/N-ethyl adjacent to an activating group) is 1. The fraction of sp³-hybridized carbons (Fsp3) is 0.875. The Kier molecular flexibility index (Phi) is 6.48. The van der Waals surface area contributed by atoms with E-state index in [1.807, 2.05) is 0 Å². The molecule has 0 spiro atoms. The van der Waals surface area contributed by atoms with Gasteiger partial charge in [-0.15, -0.1) is 0 Å². The van der Waals surface area contributed by atoms with Crippen LogP contribution in [0, 0.1) is 22.7 Å². The predicted molar refractivity (Wildman–Crippen MR) is 81.1 cm³/mol. The number of hydrogen-bond acceptors (Lipinski definition) is 3. The van der Waals surface area contributed by atoms with Gasteiger partial charge in [0.15, 0.2) is 0 Å². The number of carbonyl (C=O) groups is 1. The Bertz CT molecular complexity index is 354. The normalized spacial score (nSPS) is 21.1. The minimum Gasteiger partial charge on any atom is -0.344 e. The quantitative estimate of drug-likeness (QED) is 0.794. The van der Waals surface area contributed by atoms with Gasteiger partial charge in [-0.1, -0.05) is 20.8 Å². The molecule has 0 aromatic carbocycles. The molecule has 1 amide bonds. The molecule has 1 atom stereocenters. The number of amides is 1. The third-order valence-corrected chi connectivity index (χ3v) is 4.39. The lowest BCUT2D eigenvalue weighted by Gasteiger charge is -2.30. The van der Waals surface area contributed by atoms with Crippen molar-refractivity contribution in [1.82, 2.24) is 9.80 Å². The van der Waals surface area contributed by atoms with Gasteiger partial charge in [-0.05, 0) is 43.7 Å². The van der Waals surface area contributed by atoms with Crippen LogP contribution < -0.4 is 0 Å². The standard InChI is InChI=1S/C16H29N3O/c1-16(2,3)14-7-5-11-19(12-8-14)13-15(20)18(4)10-6-9-17/h14H,5-8,10-13H2,1-4H3. The van der Waals surface area contributed by atoms with Crippen LogP contribution in [0.1, 0.15) is 46.5 Å². The number of carbonyl (C=O) groups excluding carboxylic acids is 1. The fourth-order valence-corrected chi connectivity index (χ4v) is 2.83. The molecule has 0 aromatic rings. The van der Waals surface area contributed by atoms with Gasteiger partial charge in [-0.3, -0.25) is 9.69 Å². The van der Waals surface area contributed by atoms with E-state index in [9.17, 15) is 4.79 Å². The van der Waals surface area contributed by atoms with Crippen molar-refractivity contribution in [2.75, 3.05) is 33.2 Å². The summed E-state index contributed by atoms with van der Waals surface area (Å²) in [6, 6.07) is 2.08. The summed E-state index contributed by atoms with van der Waals surface area (Å²) >= 11 is 0. The zero-order chi connectivity index (χ0) is 15.2. The van der Waals surface area contributed by atoms with Gasteiger partial charge in [0, 0.05) is 13.6 Å². The lowest BCUT2D eigenvalue weighted by Crippen LogP contribution is -2.39. The maximum absolute atomic E-state index is 12.1. The molecule has 1 heterocycles. The summed E-state index contributed by atoms with van der Waals surface area (Å²) in [4.78, 5) is 16.0. The van der Waals surface area contributed by atoms with Crippen LogP contribution in [0.3, 0.4) is 0 Å². The Labute approximate surface area is 123 Å². The second kappa shape index (κ2) is 7.64. The molecule has 4 heteroatoms. The molecule has 0 N–H and O–H groups in total. The Balaban J connectivity index is 2.42. The highest BCUT2D eigenvalue weighted by Crippen LogP contribution is 2.34. The Morgan fingerprint density at radius 3 is 2.65 bits per heavy atom. The molecule has 1 saturated heterocycles. The molecule has 1 aliphatic rings. The van der Waals surface area contributed by atoms with Crippen molar-refractivity contribution in [3.8, 4) is 6.07 Å². The smallest absolute Gasteiger partial charge is 0.236 e. The molecule has 20 heavy (non-hydrogen) atoms. The third-order valence-electron chi connectivity index (χ3n) is 4.39. The molecule has 0 bridgehead atoms. The molecule has 0 saturated carbocycles. The van der Waals surface area contributed by atoms with Crippen LogP contribution in [-0.2, 0) is 4.79 Å². The van der Waals surface area contributed by atoms with E-state index >= 15 is 0 Å². The Morgan fingerprint density at radius 1 is 1.35 bits per heavy atom. The fourth-order valence-electron chi connectivity index (χ4n) is 2.83. The number of nitrogens with zero attached hydrogens (tertiary/aromatic N) is 3. The minimum atomic E-state index is 0.134. The second-order valence-corrected chi connectivity index (χ2v) is 6.99. The molecule has 0 aromatic heterocycles. The van der Waals surface area contributed by atoms with Gasteiger partial charge < -0.3 is 4.90 Å². The molecular weight excluding hydrogens is 250 g/mol. The monoisotopic (exact) mass is 279 g/mol. The average molecular weight is 279 g/mol. The van der Waals surface area contributed by atoms with Crippen LogP contribution >= 0.6 is 0 Å². The van der Waals surface area contributed by atoms with Gasteiger partial charge in [0.2, 0.25) is 5.91 Å². The third kappa shape index (κ3) is 5.50. The zero-order valence-corrected chi connectivity index (χ0v) is 13.5. The van der Waals surface area contributed by atoms with E-state index < -0.39 is 0 Å². The second-order valence-electron chi connectivity index (χ2n) is 6.99. The number of nitriles is 1. The van der Waals surface area contributed by atoms with Gasteiger partial charge in [-0.25, -0.2) is 0 Å². The number of hydrogen-bond donors (Lipinski definition) is 0. The molecule has 0 radical (unpaired) electrons. The number of likely N-dealkylation sites (tertiary alicyclic amines) is 1. The van der Waals surface area contributed by atoms with Crippen molar-refractivity contribution >= 4 is 5.91 Å². The van der Waals surface area contributed by atoms with Crippen molar-refractivity contribution < 1.29 is 4.79 Å². The van der Waals surface area contributed by atoms with Crippen molar-refractivity contribution in [2.24, 2.45) is 11.3 Å². The Morgan fingerprint density at radius 2 is 2.05 bits per heavy atom. The van der Waals surface area contributed by atoms with Gasteiger partial charge in [0.05, 0.1) is 19.0 Å². The minimum absolute atomic E-state index is 0.134. The molecular formula is C16H29N3O. The summed E-state index contributed by atoms with van der Waals surface area (Å²) in [7, 11) is 1.79. The lowest BCUT2D eigenvalue weighted by molar-refractivity contribution is -0.131. The summed E-state index contributed by atoms with van der Waals surface area (Å²) in [6.45, 7) is 10.0. The maximum Gasteiger partial charge on any atom is 0.236 e. The van der Waals surface area contributed by atoms with Crippen LogP contribution in [0.4, 0.5) is 0 Å². The maximum atomic E-state index is 12.1. The molecule has 1 aliphatic heterocycles. The van der Waals surface area contributed by atoms with E-state index in [0.717, 1.165) is 19.0 Å². The van der Waals surface area contributed by atoms with Gasteiger partial charge >= 0.3 is 0 Å². The summed E-state index contributed by atoms with van der Waals surface area (Å²) in [5, 5.41) is 8.56. The molecule has 4 nitrogen and oxygen atoms in total. The zero-order valence-electron chi connectivity index (χ0n) is 13.5.